The van der Waals surface area contributed by atoms with Gasteiger partial charge in [-0.25, -0.2) is 8.42 Å². The smallest absolute Gasteiger partial charge is 0.244 e. The molecule has 26 heavy (non-hydrogen) atoms. The summed E-state index contributed by atoms with van der Waals surface area (Å²) in [5.41, 5.74) is 1.37. The van der Waals surface area contributed by atoms with Crippen LogP contribution >= 0.6 is 0 Å². The summed E-state index contributed by atoms with van der Waals surface area (Å²) < 4.78 is 27.1. The standard InChI is InChI=1S/C20H21N3O2S/c21-17-19-10-4-5-11-20(19)26(24,25)23-15-13-22(14-16-23)12-6-9-18-7-2-1-3-8-18/h1-11H,12-16H2/p+1/b9-6+. The minimum absolute atomic E-state index is 0.106. The van der Waals surface area contributed by atoms with Gasteiger partial charge in [0.1, 0.15) is 6.07 Å². The first-order chi connectivity index (χ1) is 12.6. The van der Waals surface area contributed by atoms with E-state index in [2.05, 4.69) is 24.3 Å². The van der Waals surface area contributed by atoms with Gasteiger partial charge >= 0.3 is 0 Å². The monoisotopic (exact) mass is 368 g/mol. The van der Waals surface area contributed by atoms with Gasteiger partial charge in [0.25, 0.3) is 0 Å². The molecule has 0 saturated carbocycles. The number of hydrogen-bond acceptors (Lipinski definition) is 3. The van der Waals surface area contributed by atoms with Crippen LogP contribution in [0.3, 0.4) is 0 Å². The molecular formula is C20H22N3O2S+. The Hall–Kier alpha value is -2.46. The zero-order valence-corrected chi connectivity index (χ0v) is 15.3. The molecule has 0 atom stereocenters. The van der Waals surface area contributed by atoms with E-state index < -0.39 is 10.0 Å². The van der Waals surface area contributed by atoms with E-state index in [-0.39, 0.29) is 10.5 Å². The van der Waals surface area contributed by atoms with Gasteiger partial charge in [-0.1, -0.05) is 48.5 Å². The minimum atomic E-state index is -3.61. The number of sulfonamides is 1. The maximum absolute atomic E-state index is 12.8. The van der Waals surface area contributed by atoms with Crippen molar-refractivity contribution in [2.24, 2.45) is 0 Å². The summed E-state index contributed by atoms with van der Waals surface area (Å²) in [7, 11) is -3.61. The fraction of sp³-hybridized carbons (Fsp3) is 0.250. The minimum Gasteiger partial charge on any atom is -0.329 e. The SMILES string of the molecule is N#Cc1ccccc1S(=O)(=O)N1CC[NH+](C/C=C/c2ccccc2)CC1. The van der Waals surface area contributed by atoms with Crippen molar-refractivity contribution in [3.05, 3.63) is 71.8 Å². The van der Waals surface area contributed by atoms with Crippen molar-refractivity contribution in [1.82, 2.24) is 4.31 Å². The van der Waals surface area contributed by atoms with Gasteiger partial charge in [-0.05, 0) is 23.8 Å². The molecule has 1 aliphatic heterocycles. The van der Waals surface area contributed by atoms with Gasteiger partial charge in [0, 0.05) is 0 Å². The van der Waals surface area contributed by atoms with Crippen LogP contribution in [0.4, 0.5) is 0 Å². The van der Waals surface area contributed by atoms with Gasteiger partial charge in [-0.15, -0.1) is 0 Å². The largest absolute Gasteiger partial charge is 0.329 e. The second-order valence-electron chi connectivity index (χ2n) is 6.28. The van der Waals surface area contributed by atoms with Crippen LogP contribution in [0.15, 0.2) is 65.6 Å². The van der Waals surface area contributed by atoms with Crippen LogP contribution in [0.2, 0.25) is 0 Å². The van der Waals surface area contributed by atoms with Crippen LogP contribution in [0.5, 0.6) is 0 Å². The lowest BCUT2D eigenvalue weighted by Crippen LogP contribution is -3.14. The first-order valence-corrected chi connectivity index (χ1v) is 10.1. The van der Waals surface area contributed by atoms with E-state index in [0.29, 0.717) is 13.1 Å². The van der Waals surface area contributed by atoms with Crippen LogP contribution in [0.1, 0.15) is 11.1 Å². The number of nitrogens with zero attached hydrogens (tertiary/aromatic N) is 2. The van der Waals surface area contributed by atoms with Gasteiger partial charge in [0.15, 0.2) is 0 Å². The molecule has 0 unspecified atom stereocenters. The second-order valence-corrected chi connectivity index (χ2v) is 8.19. The molecular weight excluding hydrogens is 346 g/mol. The van der Waals surface area contributed by atoms with Crippen molar-refractivity contribution >= 4 is 16.1 Å². The highest BCUT2D eigenvalue weighted by atomic mass is 32.2. The zero-order valence-electron chi connectivity index (χ0n) is 14.5. The summed E-state index contributed by atoms with van der Waals surface area (Å²) in [5.74, 6) is 0. The average molecular weight is 368 g/mol. The Labute approximate surface area is 154 Å². The summed E-state index contributed by atoms with van der Waals surface area (Å²) >= 11 is 0. The molecule has 2 aromatic carbocycles. The molecule has 1 heterocycles. The quantitative estimate of drug-likeness (QED) is 0.861. The van der Waals surface area contributed by atoms with Gasteiger partial charge in [0.05, 0.1) is 43.2 Å². The molecule has 0 spiro atoms. The first-order valence-electron chi connectivity index (χ1n) is 8.66. The Balaban J connectivity index is 1.60. The van der Waals surface area contributed by atoms with Crippen molar-refractivity contribution in [3.8, 4) is 6.07 Å². The Morgan fingerprint density at radius 1 is 1.04 bits per heavy atom. The van der Waals surface area contributed by atoms with Crippen molar-refractivity contribution in [3.63, 3.8) is 0 Å². The summed E-state index contributed by atoms with van der Waals surface area (Å²) in [5, 5.41) is 9.17. The Morgan fingerprint density at radius 3 is 2.38 bits per heavy atom. The molecule has 2 aromatic rings. The molecule has 0 aliphatic carbocycles. The molecule has 1 saturated heterocycles. The van der Waals surface area contributed by atoms with Crippen LogP contribution < -0.4 is 4.90 Å². The summed E-state index contributed by atoms with van der Waals surface area (Å²) in [6, 6.07) is 18.5. The van der Waals surface area contributed by atoms with Crippen molar-refractivity contribution in [1.29, 1.82) is 5.26 Å². The van der Waals surface area contributed by atoms with Crippen molar-refractivity contribution < 1.29 is 13.3 Å². The Morgan fingerprint density at radius 2 is 1.69 bits per heavy atom. The van der Waals surface area contributed by atoms with E-state index in [4.69, 9.17) is 5.26 Å². The van der Waals surface area contributed by atoms with E-state index in [1.165, 1.54) is 20.8 Å². The predicted molar refractivity (Wildman–Crippen MR) is 101 cm³/mol. The zero-order chi connectivity index (χ0) is 18.4. The molecule has 134 valence electrons. The fourth-order valence-electron chi connectivity index (χ4n) is 3.10. The highest BCUT2D eigenvalue weighted by molar-refractivity contribution is 7.89. The fourth-order valence-corrected chi connectivity index (χ4v) is 4.68. The number of hydrogen-bond donors (Lipinski definition) is 1. The lowest BCUT2D eigenvalue weighted by atomic mass is 10.2. The van der Waals surface area contributed by atoms with Gasteiger partial charge in [0.2, 0.25) is 10.0 Å². The van der Waals surface area contributed by atoms with Crippen LogP contribution in [0, 0.1) is 11.3 Å². The molecule has 0 aromatic heterocycles. The van der Waals surface area contributed by atoms with E-state index in [9.17, 15) is 8.42 Å². The summed E-state index contributed by atoms with van der Waals surface area (Å²) in [4.78, 5) is 1.46. The molecule has 6 heteroatoms. The Kier molecular flexibility index (Phi) is 5.84. The number of nitriles is 1. The van der Waals surface area contributed by atoms with Crippen LogP contribution in [-0.2, 0) is 10.0 Å². The highest BCUT2D eigenvalue weighted by Gasteiger charge is 2.31. The number of nitrogens with one attached hydrogen (secondary N) is 1. The number of piperazine rings is 1. The molecule has 0 radical (unpaired) electrons. The molecule has 3 rings (SSSR count). The van der Waals surface area contributed by atoms with E-state index in [0.717, 1.165) is 19.6 Å². The molecule has 1 aliphatic rings. The number of quaternary nitrogens is 1. The Bertz CT molecular complexity index is 910. The maximum atomic E-state index is 12.8. The van der Waals surface area contributed by atoms with Crippen LogP contribution in [-0.4, -0.2) is 45.4 Å². The first kappa shape index (κ1) is 18.3. The third kappa shape index (κ3) is 4.20. The van der Waals surface area contributed by atoms with Gasteiger partial charge in [-0.2, -0.15) is 9.57 Å². The molecule has 5 nitrogen and oxygen atoms in total. The van der Waals surface area contributed by atoms with Gasteiger partial charge in [-0.3, -0.25) is 0 Å². The average Bonchev–Trinajstić information content (AvgIpc) is 2.69. The lowest BCUT2D eigenvalue weighted by Gasteiger charge is -2.31. The number of rotatable bonds is 5. The van der Waals surface area contributed by atoms with Crippen LogP contribution in [0.25, 0.3) is 6.08 Å². The predicted octanol–water partition coefficient (Wildman–Crippen LogP) is 1.16. The topological polar surface area (TPSA) is 65.6 Å². The van der Waals surface area contributed by atoms with Gasteiger partial charge < -0.3 is 4.90 Å². The maximum Gasteiger partial charge on any atom is 0.244 e. The van der Waals surface area contributed by atoms with Crippen molar-refractivity contribution in [2.45, 2.75) is 4.90 Å². The van der Waals surface area contributed by atoms with E-state index >= 15 is 0 Å². The number of benzene rings is 2. The summed E-state index contributed by atoms with van der Waals surface area (Å²) in [6.45, 7) is 3.32. The molecule has 1 N–H and O–H groups in total. The molecule has 0 amide bonds. The van der Waals surface area contributed by atoms with E-state index in [1.807, 2.05) is 24.3 Å². The third-order valence-electron chi connectivity index (χ3n) is 4.57. The highest BCUT2D eigenvalue weighted by Crippen LogP contribution is 2.19. The third-order valence-corrected chi connectivity index (χ3v) is 6.53. The lowest BCUT2D eigenvalue weighted by molar-refractivity contribution is -0.897. The normalized spacial score (nSPS) is 16.6. The summed E-state index contributed by atoms with van der Waals surface area (Å²) in [6.07, 6.45) is 4.24. The molecule has 1 fully saturated rings. The molecule has 0 bridgehead atoms. The second kappa shape index (κ2) is 8.28. The van der Waals surface area contributed by atoms with E-state index in [1.54, 1.807) is 18.2 Å². The van der Waals surface area contributed by atoms with Crippen molar-refractivity contribution in [2.75, 3.05) is 32.7 Å².